The average Bonchev–Trinajstić information content (AvgIpc) is 2.76. The zero-order valence-electron chi connectivity index (χ0n) is 10.4. The summed E-state index contributed by atoms with van der Waals surface area (Å²) < 4.78 is 1.91. The Morgan fingerprint density at radius 1 is 1.67 bits per heavy atom. The van der Waals surface area contributed by atoms with Crippen LogP contribution in [0.15, 0.2) is 18.7 Å². The summed E-state index contributed by atoms with van der Waals surface area (Å²) in [4.78, 5) is 16.4. The van der Waals surface area contributed by atoms with Crippen molar-refractivity contribution < 1.29 is 4.79 Å². The number of amides is 1. The Balaban J connectivity index is 1.85. The van der Waals surface area contributed by atoms with E-state index in [0.717, 1.165) is 12.8 Å². The fourth-order valence-electron chi connectivity index (χ4n) is 2.52. The van der Waals surface area contributed by atoms with Crippen LogP contribution in [0.5, 0.6) is 0 Å². The third-order valence-corrected chi connectivity index (χ3v) is 3.91. The lowest BCUT2D eigenvalue weighted by molar-refractivity contribution is -0.132. The minimum atomic E-state index is -0.607. The number of carbonyl (C=O) groups is 1. The number of nitrogens with zero attached hydrogens (tertiary/aromatic N) is 2. The smallest absolute Gasteiger partial charge is 0.233 e. The summed E-state index contributed by atoms with van der Waals surface area (Å²) in [5.41, 5.74) is 5.11. The van der Waals surface area contributed by atoms with Crippen LogP contribution >= 0.6 is 12.2 Å². The van der Waals surface area contributed by atoms with Crippen LogP contribution in [0.25, 0.3) is 0 Å². The molecule has 5 nitrogen and oxygen atoms in total. The van der Waals surface area contributed by atoms with Gasteiger partial charge in [-0.25, -0.2) is 4.98 Å². The maximum Gasteiger partial charge on any atom is 0.233 e. The number of hydrogen-bond acceptors (Lipinski definition) is 3. The number of imidazole rings is 1. The van der Waals surface area contributed by atoms with Crippen molar-refractivity contribution in [2.45, 2.75) is 26.3 Å². The van der Waals surface area contributed by atoms with Gasteiger partial charge in [0, 0.05) is 25.5 Å². The quantitative estimate of drug-likeness (QED) is 0.770. The Labute approximate surface area is 112 Å². The van der Waals surface area contributed by atoms with Crippen molar-refractivity contribution in [1.82, 2.24) is 14.9 Å². The maximum absolute atomic E-state index is 12.2. The topological polar surface area (TPSA) is 72.9 Å². The molecule has 1 aromatic rings. The molecule has 0 spiro atoms. The van der Waals surface area contributed by atoms with Crippen molar-refractivity contribution in [1.29, 1.82) is 0 Å². The molecule has 1 aromatic heterocycles. The third kappa shape index (κ3) is 2.38. The summed E-state index contributed by atoms with van der Waals surface area (Å²) in [5, 5.41) is 2.91. The van der Waals surface area contributed by atoms with Gasteiger partial charge in [-0.3, -0.25) is 4.79 Å². The van der Waals surface area contributed by atoms with E-state index >= 15 is 0 Å². The van der Waals surface area contributed by atoms with Crippen LogP contribution < -0.4 is 11.1 Å². The minimum Gasteiger partial charge on any atom is -0.392 e. The number of nitrogens with one attached hydrogen (secondary N) is 1. The zero-order valence-corrected chi connectivity index (χ0v) is 11.2. The van der Waals surface area contributed by atoms with Gasteiger partial charge in [-0.2, -0.15) is 0 Å². The van der Waals surface area contributed by atoms with E-state index in [1.54, 1.807) is 12.5 Å². The Morgan fingerprint density at radius 3 is 2.89 bits per heavy atom. The van der Waals surface area contributed by atoms with E-state index in [-0.39, 0.29) is 5.91 Å². The van der Waals surface area contributed by atoms with Crippen molar-refractivity contribution in [2.24, 2.45) is 17.1 Å². The number of aromatic nitrogens is 2. The highest BCUT2D eigenvalue weighted by Gasteiger charge is 2.50. The minimum absolute atomic E-state index is 0.0341. The van der Waals surface area contributed by atoms with E-state index in [9.17, 15) is 4.79 Å². The molecule has 3 N–H and O–H groups in total. The first kappa shape index (κ1) is 13.0. The summed E-state index contributed by atoms with van der Waals surface area (Å²) >= 11 is 5.04. The fourth-order valence-corrected chi connectivity index (χ4v) is 2.77. The van der Waals surface area contributed by atoms with E-state index in [2.05, 4.69) is 17.2 Å². The van der Waals surface area contributed by atoms with Crippen LogP contribution in [-0.2, 0) is 11.3 Å². The summed E-state index contributed by atoms with van der Waals surface area (Å²) in [6, 6.07) is 0. The molecule has 0 aromatic carbocycles. The summed E-state index contributed by atoms with van der Waals surface area (Å²) in [6.45, 7) is 3.37. The van der Waals surface area contributed by atoms with E-state index in [4.69, 9.17) is 18.0 Å². The van der Waals surface area contributed by atoms with Crippen LogP contribution in [0.2, 0.25) is 0 Å². The van der Waals surface area contributed by atoms with Crippen LogP contribution in [0.1, 0.15) is 19.8 Å². The molecule has 0 unspecified atom stereocenters. The molecule has 6 heteroatoms. The molecule has 1 heterocycles. The number of carbonyl (C=O) groups excluding carboxylic acids is 1. The zero-order chi connectivity index (χ0) is 13.2. The van der Waals surface area contributed by atoms with E-state index in [1.807, 2.05) is 10.8 Å². The molecule has 1 saturated carbocycles. The SMILES string of the molecule is CC1CC(C(=O)NCCn2ccnc2)(C(N)=S)C1. The highest BCUT2D eigenvalue weighted by molar-refractivity contribution is 7.80. The average molecular weight is 266 g/mol. The summed E-state index contributed by atoms with van der Waals surface area (Å²) in [5.74, 6) is 0.485. The van der Waals surface area contributed by atoms with Crippen molar-refractivity contribution in [3.63, 3.8) is 0 Å². The number of hydrogen-bond donors (Lipinski definition) is 2. The van der Waals surface area contributed by atoms with Crippen LogP contribution in [-0.4, -0.2) is 27.0 Å². The molecular weight excluding hydrogens is 248 g/mol. The van der Waals surface area contributed by atoms with Gasteiger partial charge in [-0.1, -0.05) is 19.1 Å². The van der Waals surface area contributed by atoms with Gasteiger partial charge >= 0.3 is 0 Å². The molecule has 0 saturated heterocycles. The van der Waals surface area contributed by atoms with E-state index < -0.39 is 5.41 Å². The lowest BCUT2D eigenvalue weighted by Gasteiger charge is -2.44. The number of thiocarbonyl (C=S) groups is 1. The highest BCUT2D eigenvalue weighted by Crippen LogP contribution is 2.45. The van der Waals surface area contributed by atoms with Crippen LogP contribution in [0.3, 0.4) is 0 Å². The molecule has 2 rings (SSSR count). The second-order valence-corrected chi connectivity index (χ2v) is 5.46. The second kappa shape index (κ2) is 5.06. The molecule has 1 amide bonds. The largest absolute Gasteiger partial charge is 0.392 e. The second-order valence-electron chi connectivity index (χ2n) is 5.02. The van der Waals surface area contributed by atoms with E-state index in [1.165, 1.54) is 0 Å². The lowest BCUT2D eigenvalue weighted by Crippen LogP contribution is -2.56. The standard InChI is InChI=1S/C12H18N4OS/c1-9-6-12(7-9,10(13)18)11(17)15-3-5-16-4-2-14-8-16/h2,4,8-9H,3,5-7H2,1H3,(H2,13,18)(H,15,17). The first-order valence-electron chi connectivity index (χ1n) is 6.08. The van der Waals surface area contributed by atoms with Gasteiger partial charge in [0.1, 0.15) is 0 Å². The Hall–Kier alpha value is -1.43. The van der Waals surface area contributed by atoms with E-state index in [0.29, 0.717) is 24.0 Å². The molecule has 0 bridgehead atoms. The summed E-state index contributed by atoms with van der Waals surface area (Å²) in [6.07, 6.45) is 6.83. The monoisotopic (exact) mass is 266 g/mol. The summed E-state index contributed by atoms with van der Waals surface area (Å²) in [7, 11) is 0. The van der Waals surface area contributed by atoms with Gasteiger partial charge in [-0.15, -0.1) is 0 Å². The molecule has 1 fully saturated rings. The van der Waals surface area contributed by atoms with Crippen molar-refractivity contribution in [3.05, 3.63) is 18.7 Å². The predicted molar refractivity (Wildman–Crippen MR) is 72.9 cm³/mol. The normalized spacial score (nSPS) is 26.4. The van der Waals surface area contributed by atoms with Gasteiger partial charge in [0.2, 0.25) is 5.91 Å². The van der Waals surface area contributed by atoms with Crippen LogP contribution in [0.4, 0.5) is 0 Å². The van der Waals surface area contributed by atoms with Crippen LogP contribution in [0, 0.1) is 11.3 Å². The van der Waals surface area contributed by atoms with Gasteiger partial charge in [-0.05, 0) is 18.8 Å². The molecular formula is C12H18N4OS. The molecule has 0 aliphatic heterocycles. The number of rotatable bonds is 5. The Bertz CT molecular complexity index is 437. The molecule has 98 valence electrons. The van der Waals surface area contributed by atoms with Gasteiger partial charge in [0.05, 0.1) is 16.7 Å². The van der Waals surface area contributed by atoms with Gasteiger partial charge < -0.3 is 15.6 Å². The molecule has 0 atom stereocenters. The van der Waals surface area contributed by atoms with Gasteiger partial charge in [0.25, 0.3) is 0 Å². The molecule has 0 radical (unpaired) electrons. The van der Waals surface area contributed by atoms with Crippen molar-refractivity contribution in [3.8, 4) is 0 Å². The first-order chi connectivity index (χ1) is 8.54. The molecule has 1 aliphatic carbocycles. The molecule has 18 heavy (non-hydrogen) atoms. The maximum atomic E-state index is 12.2. The fraction of sp³-hybridized carbons (Fsp3) is 0.583. The third-order valence-electron chi connectivity index (χ3n) is 3.51. The van der Waals surface area contributed by atoms with Gasteiger partial charge in [0.15, 0.2) is 0 Å². The van der Waals surface area contributed by atoms with Crippen molar-refractivity contribution >= 4 is 23.1 Å². The predicted octanol–water partition coefficient (Wildman–Crippen LogP) is 0.702. The lowest BCUT2D eigenvalue weighted by atomic mass is 9.62. The Kier molecular flexibility index (Phi) is 3.65. The molecule has 1 aliphatic rings. The highest BCUT2D eigenvalue weighted by atomic mass is 32.1. The Morgan fingerprint density at radius 2 is 2.39 bits per heavy atom. The first-order valence-corrected chi connectivity index (χ1v) is 6.49. The number of nitrogens with two attached hydrogens (primary N) is 1. The van der Waals surface area contributed by atoms with Crippen molar-refractivity contribution in [2.75, 3.05) is 6.54 Å².